The number of H-pyrrole nitrogens is 1. The van der Waals surface area contributed by atoms with E-state index in [9.17, 15) is 23.6 Å². The van der Waals surface area contributed by atoms with E-state index in [1.165, 1.54) is 49.6 Å². The smallest absolute Gasteiger partial charge is 0.337 e. The molecular formula is C22H20FN3O6S. The molecule has 1 aromatic heterocycles. The fourth-order valence-electron chi connectivity index (χ4n) is 2.76. The minimum atomic E-state index is -0.665. The maximum atomic E-state index is 12.9. The van der Waals surface area contributed by atoms with Gasteiger partial charge >= 0.3 is 11.9 Å². The van der Waals surface area contributed by atoms with Crippen LogP contribution in [0.25, 0.3) is 10.9 Å². The lowest BCUT2D eigenvalue weighted by Gasteiger charge is -2.11. The summed E-state index contributed by atoms with van der Waals surface area (Å²) in [5.74, 6) is -1.84. The summed E-state index contributed by atoms with van der Waals surface area (Å²) in [6.45, 7) is 1.29. The van der Waals surface area contributed by atoms with Gasteiger partial charge in [-0.15, -0.1) is 11.8 Å². The number of carbonyl (C=O) groups is 3. The number of aromatic nitrogens is 2. The van der Waals surface area contributed by atoms with Gasteiger partial charge in [-0.3, -0.25) is 14.4 Å². The number of rotatable bonds is 8. The number of hydrogen-bond acceptors (Lipinski definition) is 8. The van der Waals surface area contributed by atoms with Crippen molar-refractivity contribution < 1.29 is 28.2 Å². The Morgan fingerprint density at radius 3 is 2.61 bits per heavy atom. The molecule has 0 spiro atoms. The summed E-state index contributed by atoms with van der Waals surface area (Å²) in [5.41, 5.74) is 0.490. The molecule has 0 saturated heterocycles. The van der Waals surface area contributed by atoms with Crippen molar-refractivity contribution >= 4 is 46.2 Å². The topological polar surface area (TPSA) is 127 Å². The normalized spacial score (nSPS) is 11.6. The van der Waals surface area contributed by atoms with Gasteiger partial charge in [0.1, 0.15) is 23.5 Å². The number of amides is 1. The van der Waals surface area contributed by atoms with Crippen LogP contribution in [0.15, 0.2) is 47.3 Å². The zero-order chi connectivity index (χ0) is 24.0. The van der Waals surface area contributed by atoms with E-state index in [4.69, 9.17) is 4.74 Å². The molecule has 0 aliphatic carbocycles. The third kappa shape index (κ3) is 6.39. The van der Waals surface area contributed by atoms with Crippen molar-refractivity contribution in [3.63, 3.8) is 0 Å². The van der Waals surface area contributed by atoms with Gasteiger partial charge in [0.2, 0.25) is 5.91 Å². The van der Waals surface area contributed by atoms with Gasteiger partial charge in [0.25, 0.3) is 5.56 Å². The molecule has 1 unspecified atom stereocenters. The first-order valence-corrected chi connectivity index (χ1v) is 10.8. The summed E-state index contributed by atoms with van der Waals surface area (Å²) in [7, 11) is 1.24. The number of thioether (sulfide) groups is 1. The fraction of sp³-hybridized carbons (Fsp3) is 0.227. The van der Waals surface area contributed by atoms with Crippen LogP contribution >= 0.6 is 11.8 Å². The average molecular weight is 473 g/mol. The van der Waals surface area contributed by atoms with E-state index in [-0.39, 0.29) is 40.6 Å². The van der Waals surface area contributed by atoms with Crippen LogP contribution in [0.1, 0.15) is 23.1 Å². The summed E-state index contributed by atoms with van der Waals surface area (Å²) in [4.78, 5) is 55.0. The van der Waals surface area contributed by atoms with Gasteiger partial charge in [0.05, 0.1) is 29.3 Å². The van der Waals surface area contributed by atoms with E-state index in [0.29, 0.717) is 5.69 Å². The van der Waals surface area contributed by atoms with Crippen LogP contribution in [0.2, 0.25) is 0 Å². The standard InChI is InChI=1S/C22H20FN3O6S/c1-12(33-11-19(27)24-15-6-4-14(23)5-7-15)21(29)32-10-18-25-17-9-13(22(30)31-2)3-8-16(17)20(28)26-18/h3-9,12H,10-11H2,1-2H3,(H,24,27)(H,25,26,28). The molecule has 0 aliphatic rings. The van der Waals surface area contributed by atoms with Gasteiger partial charge in [-0.05, 0) is 49.4 Å². The van der Waals surface area contributed by atoms with Crippen molar-refractivity contribution in [1.29, 1.82) is 0 Å². The molecule has 1 atom stereocenters. The number of esters is 2. The summed E-state index contributed by atoms with van der Waals surface area (Å²) < 4.78 is 22.8. The SMILES string of the molecule is COC(=O)c1ccc2c(=O)[nH]c(COC(=O)C(C)SCC(=O)Nc3ccc(F)cc3)nc2c1. The average Bonchev–Trinajstić information content (AvgIpc) is 2.81. The molecule has 1 heterocycles. The molecule has 0 saturated carbocycles. The maximum Gasteiger partial charge on any atom is 0.337 e. The lowest BCUT2D eigenvalue weighted by Crippen LogP contribution is -2.22. The molecule has 172 valence electrons. The number of nitrogens with one attached hydrogen (secondary N) is 2. The summed E-state index contributed by atoms with van der Waals surface area (Å²) in [6.07, 6.45) is 0. The predicted octanol–water partition coefficient (Wildman–Crippen LogP) is 2.65. The second-order valence-corrected chi connectivity index (χ2v) is 8.18. The number of halogens is 1. The molecule has 0 aliphatic heterocycles. The van der Waals surface area contributed by atoms with E-state index in [1.807, 2.05) is 0 Å². The Morgan fingerprint density at radius 1 is 1.18 bits per heavy atom. The largest absolute Gasteiger partial charge is 0.465 e. The first-order valence-electron chi connectivity index (χ1n) is 9.71. The van der Waals surface area contributed by atoms with Gasteiger partial charge in [-0.1, -0.05) is 0 Å². The second-order valence-electron chi connectivity index (χ2n) is 6.85. The lowest BCUT2D eigenvalue weighted by atomic mass is 10.1. The van der Waals surface area contributed by atoms with Gasteiger partial charge < -0.3 is 19.8 Å². The molecule has 3 aromatic rings. The molecule has 2 N–H and O–H groups in total. The first kappa shape index (κ1) is 23.9. The number of benzene rings is 2. The number of hydrogen-bond donors (Lipinski definition) is 2. The highest BCUT2D eigenvalue weighted by Crippen LogP contribution is 2.15. The molecule has 9 nitrogen and oxygen atoms in total. The minimum absolute atomic E-state index is 0.0188. The molecule has 0 fully saturated rings. The number of ether oxygens (including phenoxy) is 2. The van der Waals surface area contributed by atoms with E-state index in [2.05, 4.69) is 20.0 Å². The van der Waals surface area contributed by atoms with E-state index in [1.54, 1.807) is 6.92 Å². The molecule has 2 aromatic carbocycles. The molecule has 11 heteroatoms. The van der Waals surface area contributed by atoms with Crippen LogP contribution in [0.5, 0.6) is 0 Å². The number of fused-ring (bicyclic) bond motifs is 1. The van der Waals surface area contributed by atoms with Crippen molar-refractivity contribution in [3.8, 4) is 0 Å². The third-order valence-electron chi connectivity index (χ3n) is 4.45. The number of nitrogens with zero attached hydrogens (tertiary/aromatic N) is 1. The summed E-state index contributed by atoms with van der Waals surface area (Å²) in [6, 6.07) is 9.64. The minimum Gasteiger partial charge on any atom is -0.465 e. The number of methoxy groups -OCH3 is 1. The molecule has 33 heavy (non-hydrogen) atoms. The van der Waals surface area contributed by atoms with Gasteiger partial charge in [0.15, 0.2) is 0 Å². The number of anilines is 1. The van der Waals surface area contributed by atoms with Crippen LogP contribution in [-0.4, -0.2) is 45.9 Å². The Labute approximate surface area is 191 Å². The molecule has 1 amide bonds. The van der Waals surface area contributed by atoms with Gasteiger partial charge in [-0.25, -0.2) is 14.2 Å². The Morgan fingerprint density at radius 2 is 1.91 bits per heavy atom. The van der Waals surface area contributed by atoms with E-state index >= 15 is 0 Å². The second kappa shape index (κ2) is 10.7. The zero-order valence-electron chi connectivity index (χ0n) is 17.7. The van der Waals surface area contributed by atoms with Crippen LogP contribution in [-0.2, 0) is 25.7 Å². The lowest BCUT2D eigenvalue weighted by molar-refractivity contribution is -0.144. The fourth-order valence-corrected chi connectivity index (χ4v) is 3.43. The van der Waals surface area contributed by atoms with Gasteiger partial charge in [0, 0.05) is 5.69 Å². The van der Waals surface area contributed by atoms with Crippen LogP contribution in [0.3, 0.4) is 0 Å². The Hall–Kier alpha value is -3.73. The molecular weight excluding hydrogens is 453 g/mol. The van der Waals surface area contributed by atoms with Crippen LogP contribution in [0, 0.1) is 5.82 Å². The Bertz CT molecular complexity index is 1250. The quantitative estimate of drug-likeness (QED) is 0.478. The maximum absolute atomic E-state index is 12.9. The Kier molecular flexibility index (Phi) is 7.78. The van der Waals surface area contributed by atoms with Crippen molar-refractivity contribution in [2.75, 3.05) is 18.2 Å². The molecule has 0 bridgehead atoms. The molecule has 0 radical (unpaired) electrons. The first-order chi connectivity index (χ1) is 15.8. The highest BCUT2D eigenvalue weighted by molar-refractivity contribution is 8.01. The summed E-state index contributed by atoms with van der Waals surface area (Å²) in [5, 5.41) is 2.21. The van der Waals surface area contributed by atoms with Crippen molar-refractivity contribution in [2.24, 2.45) is 0 Å². The molecule has 3 rings (SSSR count). The highest BCUT2D eigenvalue weighted by atomic mass is 32.2. The zero-order valence-corrected chi connectivity index (χ0v) is 18.5. The number of carbonyl (C=O) groups excluding carboxylic acids is 3. The van der Waals surface area contributed by atoms with Crippen LogP contribution in [0.4, 0.5) is 10.1 Å². The van der Waals surface area contributed by atoms with Crippen molar-refractivity contribution in [2.45, 2.75) is 18.8 Å². The van der Waals surface area contributed by atoms with Gasteiger partial charge in [-0.2, -0.15) is 0 Å². The van der Waals surface area contributed by atoms with Crippen LogP contribution < -0.4 is 10.9 Å². The van der Waals surface area contributed by atoms with E-state index < -0.39 is 28.6 Å². The van der Waals surface area contributed by atoms with Crippen molar-refractivity contribution in [3.05, 3.63) is 70.0 Å². The highest BCUT2D eigenvalue weighted by Gasteiger charge is 2.18. The number of aromatic amines is 1. The van der Waals surface area contributed by atoms with E-state index in [0.717, 1.165) is 11.8 Å². The predicted molar refractivity (Wildman–Crippen MR) is 120 cm³/mol. The summed E-state index contributed by atoms with van der Waals surface area (Å²) >= 11 is 1.06. The third-order valence-corrected chi connectivity index (χ3v) is 5.57. The van der Waals surface area contributed by atoms with Crippen molar-refractivity contribution in [1.82, 2.24) is 9.97 Å². The Balaban J connectivity index is 1.55. The monoisotopic (exact) mass is 473 g/mol.